The summed E-state index contributed by atoms with van der Waals surface area (Å²) in [5, 5.41) is 3.46. The maximum Gasteiger partial charge on any atom is 0.251 e. The normalized spacial score (nSPS) is 18.1. The molecule has 4 nitrogen and oxygen atoms in total. The van der Waals surface area contributed by atoms with E-state index in [1.807, 2.05) is 19.9 Å². The average Bonchev–Trinajstić information content (AvgIpc) is 2.38. The van der Waals surface area contributed by atoms with E-state index in [0.717, 1.165) is 18.5 Å². The fraction of sp³-hybridized carbons (Fsp3) is 0.600. The van der Waals surface area contributed by atoms with Gasteiger partial charge in [-0.1, -0.05) is 25.4 Å². The Hall–Kier alpha value is -1.13. The molecule has 0 aromatic carbocycles. The minimum atomic E-state index is -0.205. The summed E-state index contributed by atoms with van der Waals surface area (Å²) in [6.45, 7) is 7.48. The Morgan fingerprint density at radius 3 is 2.65 bits per heavy atom. The second kappa shape index (κ2) is 6.10. The number of hydrogen-bond donors (Lipinski definition) is 1. The lowest BCUT2D eigenvalue weighted by atomic mass is 9.92. The Labute approximate surface area is 124 Å². The Kier molecular flexibility index (Phi) is 4.66. The third-order valence-corrected chi connectivity index (χ3v) is 3.87. The highest BCUT2D eigenvalue weighted by Gasteiger charge is 2.29. The molecule has 110 valence electrons. The SMILES string of the molecule is CC(C)c1cc(C(=O)NC2(C)CCOCC2)cc(Cl)n1. The lowest BCUT2D eigenvalue weighted by Gasteiger charge is -2.34. The molecule has 1 aromatic rings. The van der Waals surface area contributed by atoms with Crippen molar-refractivity contribution in [1.29, 1.82) is 0 Å². The van der Waals surface area contributed by atoms with Gasteiger partial charge in [0.15, 0.2) is 0 Å². The van der Waals surface area contributed by atoms with Crippen LogP contribution in [0.3, 0.4) is 0 Å². The number of nitrogens with one attached hydrogen (secondary N) is 1. The van der Waals surface area contributed by atoms with Gasteiger partial charge in [0, 0.05) is 30.0 Å². The van der Waals surface area contributed by atoms with Crippen molar-refractivity contribution in [2.45, 2.75) is 45.1 Å². The number of pyridine rings is 1. The Morgan fingerprint density at radius 1 is 1.40 bits per heavy atom. The third kappa shape index (κ3) is 3.70. The number of amides is 1. The molecule has 1 N–H and O–H groups in total. The first kappa shape index (κ1) is 15.3. The van der Waals surface area contributed by atoms with Crippen LogP contribution in [0.15, 0.2) is 12.1 Å². The zero-order chi connectivity index (χ0) is 14.8. The number of carbonyl (C=O) groups excluding carboxylic acids is 1. The van der Waals surface area contributed by atoms with Crippen molar-refractivity contribution in [2.75, 3.05) is 13.2 Å². The van der Waals surface area contributed by atoms with E-state index in [0.29, 0.717) is 23.9 Å². The molecule has 2 heterocycles. The lowest BCUT2D eigenvalue weighted by molar-refractivity contribution is 0.0423. The summed E-state index contributed by atoms with van der Waals surface area (Å²) in [6.07, 6.45) is 1.66. The molecule has 0 unspecified atom stereocenters. The first-order chi connectivity index (χ1) is 9.39. The Bertz CT molecular complexity index is 497. The number of rotatable bonds is 3. The second-order valence-electron chi connectivity index (χ2n) is 5.89. The van der Waals surface area contributed by atoms with Crippen LogP contribution >= 0.6 is 11.6 Å². The maximum absolute atomic E-state index is 12.4. The second-order valence-corrected chi connectivity index (χ2v) is 6.27. The van der Waals surface area contributed by atoms with Crippen molar-refractivity contribution < 1.29 is 9.53 Å². The number of hydrogen-bond acceptors (Lipinski definition) is 3. The van der Waals surface area contributed by atoms with Gasteiger partial charge in [0.25, 0.3) is 5.91 Å². The highest BCUT2D eigenvalue weighted by atomic mass is 35.5. The van der Waals surface area contributed by atoms with E-state index in [9.17, 15) is 4.79 Å². The minimum Gasteiger partial charge on any atom is -0.381 e. The largest absolute Gasteiger partial charge is 0.381 e. The van der Waals surface area contributed by atoms with Crippen LogP contribution in [-0.4, -0.2) is 29.6 Å². The van der Waals surface area contributed by atoms with E-state index >= 15 is 0 Å². The van der Waals surface area contributed by atoms with Crippen LogP contribution in [0.25, 0.3) is 0 Å². The van der Waals surface area contributed by atoms with Gasteiger partial charge < -0.3 is 10.1 Å². The fourth-order valence-electron chi connectivity index (χ4n) is 2.24. The molecular weight excluding hydrogens is 276 g/mol. The van der Waals surface area contributed by atoms with Gasteiger partial charge in [-0.15, -0.1) is 0 Å². The predicted molar refractivity (Wildman–Crippen MR) is 79.3 cm³/mol. The molecule has 1 aromatic heterocycles. The number of nitrogens with zero attached hydrogens (tertiary/aromatic N) is 1. The van der Waals surface area contributed by atoms with Crippen molar-refractivity contribution in [2.24, 2.45) is 0 Å². The average molecular weight is 297 g/mol. The topological polar surface area (TPSA) is 51.2 Å². The molecule has 0 atom stereocenters. The van der Waals surface area contributed by atoms with Crippen molar-refractivity contribution >= 4 is 17.5 Å². The first-order valence-corrected chi connectivity index (χ1v) is 7.35. The Morgan fingerprint density at radius 2 is 2.05 bits per heavy atom. The van der Waals surface area contributed by atoms with E-state index in [1.54, 1.807) is 6.07 Å². The summed E-state index contributed by atoms with van der Waals surface area (Å²) in [5.41, 5.74) is 1.20. The summed E-state index contributed by atoms with van der Waals surface area (Å²) in [5.74, 6) is 0.138. The molecule has 0 spiro atoms. The van der Waals surface area contributed by atoms with Crippen LogP contribution in [0, 0.1) is 0 Å². The maximum atomic E-state index is 12.4. The molecule has 1 amide bonds. The monoisotopic (exact) mass is 296 g/mol. The summed E-state index contributed by atoms with van der Waals surface area (Å²) in [7, 11) is 0. The van der Waals surface area contributed by atoms with E-state index < -0.39 is 0 Å². The van der Waals surface area contributed by atoms with E-state index in [2.05, 4.69) is 17.2 Å². The van der Waals surface area contributed by atoms with Crippen molar-refractivity contribution in [1.82, 2.24) is 10.3 Å². The van der Waals surface area contributed by atoms with Gasteiger partial charge in [0.05, 0.1) is 0 Å². The van der Waals surface area contributed by atoms with Crippen LogP contribution in [0.5, 0.6) is 0 Å². The zero-order valence-corrected chi connectivity index (χ0v) is 13.0. The fourth-order valence-corrected chi connectivity index (χ4v) is 2.45. The van der Waals surface area contributed by atoms with Gasteiger partial charge >= 0.3 is 0 Å². The quantitative estimate of drug-likeness (QED) is 0.872. The van der Waals surface area contributed by atoms with Gasteiger partial charge in [0.2, 0.25) is 0 Å². The molecule has 20 heavy (non-hydrogen) atoms. The van der Waals surface area contributed by atoms with Crippen molar-refractivity contribution in [3.63, 3.8) is 0 Å². The van der Waals surface area contributed by atoms with Crippen molar-refractivity contribution in [3.05, 3.63) is 28.5 Å². The third-order valence-electron chi connectivity index (χ3n) is 3.68. The van der Waals surface area contributed by atoms with Gasteiger partial charge in [-0.05, 0) is 37.8 Å². The van der Waals surface area contributed by atoms with Gasteiger partial charge in [-0.2, -0.15) is 0 Å². The number of carbonyl (C=O) groups is 1. The number of halogens is 1. The van der Waals surface area contributed by atoms with Gasteiger partial charge in [-0.3, -0.25) is 4.79 Å². The molecule has 0 radical (unpaired) electrons. The lowest BCUT2D eigenvalue weighted by Crippen LogP contribution is -2.49. The molecule has 2 rings (SSSR count). The molecule has 1 saturated heterocycles. The smallest absolute Gasteiger partial charge is 0.251 e. The van der Waals surface area contributed by atoms with Crippen LogP contribution < -0.4 is 5.32 Å². The first-order valence-electron chi connectivity index (χ1n) is 6.97. The highest BCUT2D eigenvalue weighted by molar-refractivity contribution is 6.29. The molecule has 1 aliphatic heterocycles. The zero-order valence-electron chi connectivity index (χ0n) is 12.2. The number of aromatic nitrogens is 1. The molecule has 1 aliphatic rings. The van der Waals surface area contributed by atoms with E-state index in [-0.39, 0.29) is 17.4 Å². The molecule has 5 heteroatoms. The molecule has 1 fully saturated rings. The minimum absolute atomic E-state index is 0.0967. The van der Waals surface area contributed by atoms with E-state index in [1.165, 1.54) is 0 Å². The predicted octanol–water partition coefficient (Wildman–Crippen LogP) is 3.16. The molecular formula is C15H21ClN2O2. The van der Waals surface area contributed by atoms with E-state index in [4.69, 9.17) is 16.3 Å². The summed E-state index contributed by atoms with van der Waals surface area (Å²) >= 11 is 6.00. The molecule has 0 saturated carbocycles. The molecule has 0 bridgehead atoms. The van der Waals surface area contributed by atoms with Crippen LogP contribution in [-0.2, 0) is 4.74 Å². The van der Waals surface area contributed by atoms with Gasteiger partial charge in [-0.25, -0.2) is 4.98 Å². The van der Waals surface area contributed by atoms with Gasteiger partial charge in [0.1, 0.15) is 5.15 Å². The Balaban J connectivity index is 2.16. The summed E-state index contributed by atoms with van der Waals surface area (Å²) in [6, 6.07) is 3.43. The van der Waals surface area contributed by atoms with Crippen LogP contribution in [0.2, 0.25) is 5.15 Å². The highest BCUT2D eigenvalue weighted by Crippen LogP contribution is 2.22. The van der Waals surface area contributed by atoms with Crippen molar-refractivity contribution in [3.8, 4) is 0 Å². The number of ether oxygens (including phenoxy) is 1. The standard InChI is InChI=1S/C15H21ClN2O2/c1-10(2)12-8-11(9-13(16)17-12)14(19)18-15(3)4-6-20-7-5-15/h8-10H,4-7H2,1-3H3,(H,18,19). The van der Waals surface area contributed by atoms with Crippen LogP contribution in [0.4, 0.5) is 0 Å². The van der Waals surface area contributed by atoms with Crippen LogP contribution in [0.1, 0.15) is 55.6 Å². The summed E-state index contributed by atoms with van der Waals surface area (Å²) in [4.78, 5) is 16.7. The summed E-state index contributed by atoms with van der Waals surface area (Å²) < 4.78 is 5.34. The molecule has 0 aliphatic carbocycles.